The summed E-state index contributed by atoms with van der Waals surface area (Å²) in [4.78, 5) is 11.7. The van der Waals surface area contributed by atoms with E-state index in [9.17, 15) is 4.79 Å². The van der Waals surface area contributed by atoms with Gasteiger partial charge in [-0.15, -0.1) is 0 Å². The molecular weight excluding hydrogens is 373 g/mol. The molecule has 0 aromatic carbocycles. The molecule has 0 aliphatic carbocycles. The molecule has 0 unspecified atom stereocenters. The minimum atomic E-state index is 0. The number of hydrogen-bond donors (Lipinski definition) is 0. The summed E-state index contributed by atoms with van der Waals surface area (Å²) in [6.07, 6.45) is 0.774. The molecule has 0 atom stereocenters. The molecule has 139 valence electrons. The van der Waals surface area contributed by atoms with Gasteiger partial charge in [-0.25, -0.2) is 0 Å². The number of carbonyl (C=O) groups excluding carboxylic acids is 1. The standard InChI is InChI=1S/C10H20NO4.C4H10.C2H6N.Y/c1-3-13-6-7-15-9-8-14-5-4-11(2)10-12;1-4(2)3;1-3-2;/h10H,1,3-9H2,2H3;4H,1-3H3;1-2H3;/q-1;;-1;. The summed E-state index contributed by atoms with van der Waals surface area (Å²) < 4.78 is 15.4. The minimum absolute atomic E-state index is 0. The quantitative estimate of drug-likeness (QED) is 0.298. The van der Waals surface area contributed by atoms with Gasteiger partial charge in [0.25, 0.3) is 0 Å². The van der Waals surface area contributed by atoms with Gasteiger partial charge in [0.15, 0.2) is 0 Å². The molecule has 1 amide bonds. The Kier molecular flexibility index (Phi) is 41.1. The Bertz CT molecular complexity index is 196. The summed E-state index contributed by atoms with van der Waals surface area (Å²) in [5, 5.41) is 3.50. The Balaban J connectivity index is -0.000000191. The topological polar surface area (TPSA) is 62.1 Å². The second-order valence-electron chi connectivity index (χ2n) is 5.10. The van der Waals surface area contributed by atoms with Gasteiger partial charge in [0.05, 0.1) is 33.0 Å². The van der Waals surface area contributed by atoms with Gasteiger partial charge >= 0.3 is 0 Å². The maximum absolute atomic E-state index is 10.2. The molecule has 0 aromatic heterocycles. The van der Waals surface area contributed by atoms with Crippen molar-refractivity contribution in [3.8, 4) is 0 Å². The summed E-state index contributed by atoms with van der Waals surface area (Å²) in [6, 6.07) is 0. The molecule has 7 heteroatoms. The third kappa shape index (κ3) is 51.9. The molecule has 0 spiro atoms. The van der Waals surface area contributed by atoms with E-state index >= 15 is 0 Å². The Morgan fingerprint density at radius 2 is 1.35 bits per heavy atom. The zero-order valence-electron chi connectivity index (χ0n) is 15.9. The van der Waals surface area contributed by atoms with Crippen LogP contribution in [0.15, 0.2) is 0 Å². The van der Waals surface area contributed by atoms with Gasteiger partial charge < -0.3 is 31.4 Å². The van der Waals surface area contributed by atoms with Crippen LogP contribution >= 0.6 is 0 Å². The van der Waals surface area contributed by atoms with E-state index in [4.69, 9.17) is 14.2 Å². The van der Waals surface area contributed by atoms with Crippen molar-refractivity contribution in [2.75, 3.05) is 67.3 Å². The first-order valence-electron chi connectivity index (χ1n) is 7.62. The van der Waals surface area contributed by atoms with E-state index in [2.05, 4.69) is 33.0 Å². The first-order valence-corrected chi connectivity index (χ1v) is 7.62. The fourth-order valence-electron chi connectivity index (χ4n) is 0.803. The van der Waals surface area contributed by atoms with Gasteiger partial charge in [-0.2, -0.15) is 14.1 Å². The normalized spacial score (nSPS) is 9.04. The van der Waals surface area contributed by atoms with Crippen LogP contribution in [0.25, 0.3) is 5.32 Å². The van der Waals surface area contributed by atoms with E-state index in [1.54, 1.807) is 21.1 Å². The van der Waals surface area contributed by atoms with Crippen LogP contribution in [0.5, 0.6) is 0 Å². The van der Waals surface area contributed by atoms with Crippen LogP contribution in [0, 0.1) is 12.8 Å². The average molecular weight is 409 g/mol. The van der Waals surface area contributed by atoms with E-state index in [-0.39, 0.29) is 32.7 Å². The van der Waals surface area contributed by atoms with Crippen LogP contribution < -0.4 is 0 Å². The number of ether oxygens (including phenoxy) is 3. The molecule has 0 fully saturated rings. The fraction of sp³-hybridized carbons (Fsp3) is 0.875. The van der Waals surface area contributed by atoms with Crippen molar-refractivity contribution in [2.24, 2.45) is 5.92 Å². The second kappa shape index (κ2) is 30.3. The molecule has 6 nitrogen and oxygen atoms in total. The van der Waals surface area contributed by atoms with Gasteiger partial charge in [-0.1, -0.05) is 27.4 Å². The number of hydrogen-bond acceptors (Lipinski definition) is 4. The van der Waals surface area contributed by atoms with Gasteiger partial charge in [0.2, 0.25) is 6.41 Å². The molecule has 0 saturated carbocycles. The maximum atomic E-state index is 10.2. The van der Waals surface area contributed by atoms with E-state index in [1.165, 1.54) is 4.90 Å². The molecule has 0 bridgehead atoms. The zero-order chi connectivity index (χ0) is 17.6. The molecule has 23 heavy (non-hydrogen) atoms. The molecule has 0 rings (SSSR count). The second-order valence-corrected chi connectivity index (χ2v) is 5.10. The van der Waals surface area contributed by atoms with Crippen LogP contribution in [0.4, 0.5) is 0 Å². The van der Waals surface area contributed by atoms with Gasteiger partial charge in [0, 0.05) is 46.3 Å². The predicted molar refractivity (Wildman–Crippen MR) is 92.2 cm³/mol. The van der Waals surface area contributed by atoms with Crippen LogP contribution in [0.1, 0.15) is 20.8 Å². The fourth-order valence-corrected chi connectivity index (χ4v) is 0.803. The Morgan fingerprint density at radius 1 is 1.00 bits per heavy atom. The van der Waals surface area contributed by atoms with Crippen molar-refractivity contribution in [3.63, 3.8) is 0 Å². The van der Waals surface area contributed by atoms with Crippen molar-refractivity contribution in [2.45, 2.75) is 20.8 Å². The minimum Gasteiger partial charge on any atom is -0.668 e. The summed E-state index contributed by atoms with van der Waals surface area (Å²) in [6.45, 7) is 13.9. The van der Waals surface area contributed by atoms with E-state index in [1.807, 2.05) is 0 Å². The number of likely N-dealkylation sites (N-methyl/N-ethyl adjacent to an activating group) is 1. The number of nitrogens with zero attached hydrogens (tertiary/aromatic N) is 2. The molecule has 0 aromatic rings. The number of rotatable bonds is 11. The first-order chi connectivity index (χ1) is 10.5. The Labute approximate surface area is 168 Å². The summed E-state index contributed by atoms with van der Waals surface area (Å²) in [7, 11) is 5.21. The predicted octanol–water partition coefficient (Wildman–Crippen LogP) is 2.24. The molecular formula is C16H36N2O4Y-2. The van der Waals surface area contributed by atoms with Crippen molar-refractivity contribution in [1.29, 1.82) is 0 Å². The summed E-state index contributed by atoms with van der Waals surface area (Å²) in [5.41, 5.74) is 0. The van der Waals surface area contributed by atoms with Crippen LogP contribution in [-0.2, 0) is 51.7 Å². The molecule has 0 N–H and O–H groups in total. The van der Waals surface area contributed by atoms with Gasteiger partial charge in [-0.05, 0) is 5.92 Å². The van der Waals surface area contributed by atoms with E-state index in [0.717, 1.165) is 12.3 Å². The first kappa shape index (κ1) is 31.2. The number of amides is 1. The maximum Gasteiger partial charge on any atom is 0.209 e. The van der Waals surface area contributed by atoms with Crippen LogP contribution in [0.2, 0.25) is 0 Å². The SMILES string of the molecule is CC(C)C.C[N-]C.[CH2-]COCCOCCOCCN(C)C=O.[Y]. The smallest absolute Gasteiger partial charge is 0.209 e. The molecule has 0 aliphatic heterocycles. The van der Waals surface area contributed by atoms with E-state index in [0.29, 0.717) is 46.2 Å². The third-order valence-corrected chi connectivity index (χ3v) is 1.66. The van der Waals surface area contributed by atoms with Gasteiger partial charge in [-0.3, -0.25) is 4.79 Å². The van der Waals surface area contributed by atoms with Crippen molar-refractivity contribution in [1.82, 2.24) is 4.90 Å². The summed E-state index contributed by atoms with van der Waals surface area (Å²) in [5.74, 6) is 0.833. The Hall–Kier alpha value is 0.414. The van der Waals surface area contributed by atoms with Crippen molar-refractivity contribution < 1.29 is 51.7 Å². The van der Waals surface area contributed by atoms with E-state index < -0.39 is 0 Å². The number of carbonyl (C=O) groups is 1. The monoisotopic (exact) mass is 409 g/mol. The third-order valence-electron chi connectivity index (χ3n) is 1.66. The summed E-state index contributed by atoms with van der Waals surface area (Å²) >= 11 is 0. The van der Waals surface area contributed by atoms with Crippen molar-refractivity contribution >= 4 is 6.41 Å². The zero-order valence-corrected chi connectivity index (χ0v) is 18.8. The average Bonchev–Trinajstić information content (AvgIpc) is 2.45. The molecule has 0 saturated heterocycles. The van der Waals surface area contributed by atoms with Gasteiger partial charge in [0.1, 0.15) is 0 Å². The molecule has 0 heterocycles. The van der Waals surface area contributed by atoms with Crippen LogP contribution in [-0.4, -0.2) is 78.6 Å². The largest absolute Gasteiger partial charge is 0.668 e. The molecule has 0 aliphatic rings. The van der Waals surface area contributed by atoms with Crippen LogP contribution in [0.3, 0.4) is 0 Å². The Morgan fingerprint density at radius 3 is 1.70 bits per heavy atom. The van der Waals surface area contributed by atoms with Crippen molar-refractivity contribution in [3.05, 3.63) is 12.2 Å². The molecule has 1 radical (unpaired) electrons.